The molecule has 5 aromatic rings. The number of hydrogen-bond donors (Lipinski definition) is 3. The number of furan rings is 1. The molecule has 0 unspecified atom stereocenters. The summed E-state index contributed by atoms with van der Waals surface area (Å²) in [6.45, 7) is 2.93. The number of likely N-dealkylation sites (tertiary alicyclic amines) is 1. The predicted octanol–water partition coefficient (Wildman–Crippen LogP) is 2.97. The second kappa shape index (κ2) is 6.98. The number of nitrogens with one attached hydrogen (secondary N) is 3. The number of piperidine rings is 1. The molecule has 0 saturated carbocycles. The number of aromatic nitrogens is 6. The lowest BCUT2D eigenvalue weighted by atomic mass is 10.0. The Balaban J connectivity index is 1.31. The zero-order chi connectivity index (χ0) is 21.8. The van der Waals surface area contributed by atoms with Gasteiger partial charge in [0, 0.05) is 30.7 Å². The van der Waals surface area contributed by atoms with Gasteiger partial charge in [0.25, 0.3) is 5.91 Å². The van der Waals surface area contributed by atoms with Gasteiger partial charge in [0.1, 0.15) is 22.8 Å². The van der Waals surface area contributed by atoms with Crippen LogP contribution in [0.1, 0.15) is 35.1 Å². The van der Waals surface area contributed by atoms with Crippen LogP contribution < -0.4 is 5.69 Å². The van der Waals surface area contributed by atoms with Crippen LogP contribution in [0.5, 0.6) is 0 Å². The van der Waals surface area contributed by atoms with Gasteiger partial charge in [-0.3, -0.25) is 14.5 Å². The fraction of sp³-hybridized carbons (Fsp3) is 0.273. The van der Waals surface area contributed by atoms with Crippen molar-refractivity contribution in [2.24, 2.45) is 0 Å². The van der Waals surface area contributed by atoms with Gasteiger partial charge in [-0.2, -0.15) is 5.10 Å². The first-order valence-corrected chi connectivity index (χ1v) is 10.6. The van der Waals surface area contributed by atoms with E-state index in [4.69, 9.17) is 4.42 Å². The van der Waals surface area contributed by atoms with Crippen LogP contribution >= 0.6 is 0 Å². The maximum Gasteiger partial charge on any atom is 0.326 e. The molecule has 6 heterocycles. The van der Waals surface area contributed by atoms with Crippen LogP contribution in [-0.4, -0.2) is 53.6 Å². The van der Waals surface area contributed by atoms with Crippen LogP contribution in [0.4, 0.5) is 0 Å². The number of imidazole rings is 1. The molecule has 1 amide bonds. The number of hydrogen-bond acceptors (Lipinski definition) is 5. The predicted molar refractivity (Wildman–Crippen MR) is 117 cm³/mol. The molecule has 0 spiro atoms. The SMILES string of the molecule is Cc1ccc(-c2cc(C(=O)N3CCC[C@@H](n4c(=O)[nH]c5cnc6[nH]ccc6c54)C3)[nH]n2)o1. The van der Waals surface area contributed by atoms with Crippen LogP contribution in [-0.2, 0) is 0 Å². The van der Waals surface area contributed by atoms with Gasteiger partial charge in [-0.1, -0.05) is 0 Å². The summed E-state index contributed by atoms with van der Waals surface area (Å²) in [5.41, 5.74) is 3.04. The van der Waals surface area contributed by atoms with Crippen LogP contribution in [0.25, 0.3) is 33.5 Å². The Kier molecular flexibility index (Phi) is 4.07. The van der Waals surface area contributed by atoms with Gasteiger partial charge in [0.2, 0.25) is 0 Å². The van der Waals surface area contributed by atoms with Gasteiger partial charge in [-0.15, -0.1) is 0 Å². The highest BCUT2D eigenvalue weighted by atomic mass is 16.3. The molecule has 0 aromatic carbocycles. The Morgan fingerprint density at radius 3 is 3.03 bits per heavy atom. The summed E-state index contributed by atoms with van der Waals surface area (Å²) in [6, 6.07) is 7.18. The van der Waals surface area contributed by atoms with Crippen molar-refractivity contribution in [3.63, 3.8) is 0 Å². The second-order valence-corrected chi connectivity index (χ2v) is 8.18. The van der Waals surface area contributed by atoms with Crippen molar-refractivity contribution in [1.29, 1.82) is 0 Å². The first-order chi connectivity index (χ1) is 15.6. The number of aromatic amines is 3. The minimum absolute atomic E-state index is 0.135. The molecule has 0 bridgehead atoms. The average Bonchev–Trinajstić information content (AvgIpc) is 3.58. The number of H-pyrrole nitrogens is 3. The molecule has 1 aliphatic heterocycles. The highest BCUT2D eigenvalue weighted by Gasteiger charge is 2.29. The Morgan fingerprint density at radius 2 is 2.19 bits per heavy atom. The summed E-state index contributed by atoms with van der Waals surface area (Å²) >= 11 is 0. The Bertz CT molecular complexity index is 1520. The molecule has 6 rings (SSSR count). The highest BCUT2D eigenvalue weighted by Crippen LogP contribution is 2.28. The van der Waals surface area contributed by atoms with Crippen molar-refractivity contribution >= 4 is 28.0 Å². The highest BCUT2D eigenvalue weighted by molar-refractivity contribution is 6.01. The van der Waals surface area contributed by atoms with Crippen LogP contribution in [0.2, 0.25) is 0 Å². The van der Waals surface area contributed by atoms with Crippen LogP contribution in [0.3, 0.4) is 0 Å². The van der Waals surface area contributed by atoms with E-state index in [0.717, 1.165) is 35.2 Å². The quantitative estimate of drug-likeness (QED) is 0.404. The lowest BCUT2D eigenvalue weighted by molar-refractivity contribution is 0.0674. The molecule has 0 radical (unpaired) electrons. The van der Waals surface area contributed by atoms with Gasteiger partial charge in [-0.05, 0) is 38.0 Å². The molecule has 10 heteroatoms. The smallest absolute Gasteiger partial charge is 0.326 e. The van der Waals surface area contributed by atoms with Crippen molar-refractivity contribution in [2.45, 2.75) is 25.8 Å². The zero-order valence-corrected chi connectivity index (χ0v) is 17.4. The first kappa shape index (κ1) is 18.7. The molecule has 1 fully saturated rings. The van der Waals surface area contributed by atoms with Crippen molar-refractivity contribution in [1.82, 2.24) is 34.6 Å². The van der Waals surface area contributed by atoms with Gasteiger partial charge < -0.3 is 19.3 Å². The number of carbonyl (C=O) groups is 1. The van der Waals surface area contributed by atoms with E-state index in [-0.39, 0.29) is 17.6 Å². The second-order valence-electron chi connectivity index (χ2n) is 8.18. The van der Waals surface area contributed by atoms with E-state index in [1.165, 1.54) is 0 Å². The zero-order valence-electron chi connectivity index (χ0n) is 17.4. The molecule has 5 aromatic heterocycles. The summed E-state index contributed by atoms with van der Waals surface area (Å²) in [5.74, 6) is 1.26. The minimum atomic E-state index is -0.188. The first-order valence-electron chi connectivity index (χ1n) is 10.6. The van der Waals surface area contributed by atoms with Crippen LogP contribution in [0.15, 0.2) is 45.9 Å². The number of carbonyl (C=O) groups excluding carboxylic acids is 1. The number of aryl methyl sites for hydroxylation is 1. The fourth-order valence-corrected chi connectivity index (χ4v) is 4.62. The topological polar surface area (TPSA) is 129 Å². The number of pyridine rings is 1. The third-order valence-electron chi connectivity index (χ3n) is 6.11. The maximum atomic E-state index is 13.2. The van der Waals surface area contributed by atoms with Crippen molar-refractivity contribution in [3.05, 3.63) is 58.6 Å². The molecule has 32 heavy (non-hydrogen) atoms. The third-order valence-corrected chi connectivity index (χ3v) is 6.11. The van der Waals surface area contributed by atoms with E-state index in [1.807, 2.05) is 31.3 Å². The van der Waals surface area contributed by atoms with E-state index in [9.17, 15) is 9.59 Å². The summed E-state index contributed by atoms with van der Waals surface area (Å²) in [5, 5.41) is 7.95. The lowest BCUT2D eigenvalue weighted by Gasteiger charge is -2.33. The molecular formula is C22H21N7O3. The normalized spacial score (nSPS) is 16.9. The number of amides is 1. The lowest BCUT2D eigenvalue weighted by Crippen LogP contribution is -2.42. The summed E-state index contributed by atoms with van der Waals surface area (Å²) in [6.07, 6.45) is 5.09. The number of rotatable bonds is 3. The molecule has 0 aliphatic carbocycles. The van der Waals surface area contributed by atoms with Crippen molar-refractivity contribution < 1.29 is 9.21 Å². The van der Waals surface area contributed by atoms with E-state index in [1.54, 1.807) is 21.7 Å². The Labute approximate surface area is 181 Å². The molecule has 1 aliphatic rings. The molecule has 3 N–H and O–H groups in total. The molecule has 1 saturated heterocycles. The van der Waals surface area contributed by atoms with Gasteiger partial charge in [-0.25, -0.2) is 9.78 Å². The molecule has 162 valence electrons. The van der Waals surface area contributed by atoms with E-state index in [0.29, 0.717) is 35.8 Å². The third kappa shape index (κ3) is 2.87. The Hall–Kier alpha value is -4.08. The standard InChI is InChI=1S/C22H21N7O3/c1-12-4-5-18(32-12)15-9-16(27-26-15)21(30)28-8-2-3-13(11-28)29-19-14-6-7-23-20(14)24-10-17(19)25-22(29)31/h4-7,9-10,13H,2-3,8,11H2,1H3,(H,23,24)(H,25,31)(H,26,27)/t13-/m1/s1. The Morgan fingerprint density at radius 1 is 1.28 bits per heavy atom. The molecule has 10 nitrogen and oxygen atoms in total. The molecular weight excluding hydrogens is 410 g/mol. The summed E-state index contributed by atoms with van der Waals surface area (Å²) < 4.78 is 7.37. The van der Waals surface area contributed by atoms with E-state index in [2.05, 4.69) is 25.1 Å². The largest absolute Gasteiger partial charge is 0.460 e. The fourth-order valence-electron chi connectivity index (χ4n) is 4.62. The molecule has 1 atom stereocenters. The maximum absolute atomic E-state index is 13.2. The summed E-state index contributed by atoms with van der Waals surface area (Å²) in [4.78, 5) is 38.2. The summed E-state index contributed by atoms with van der Waals surface area (Å²) in [7, 11) is 0. The van der Waals surface area contributed by atoms with Crippen molar-refractivity contribution in [3.8, 4) is 11.5 Å². The van der Waals surface area contributed by atoms with Gasteiger partial charge in [0.15, 0.2) is 5.76 Å². The number of nitrogens with zero attached hydrogens (tertiary/aromatic N) is 4. The van der Waals surface area contributed by atoms with Crippen LogP contribution in [0, 0.1) is 6.92 Å². The van der Waals surface area contributed by atoms with Crippen molar-refractivity contribution in [2.75, 3.05) is 13.1 Å². The van der Waals surface area contributed by atoms with E-state index < -0.39 is 0 Å². The van der Waals surface area contributed by atoms with E-state index >= 15 is 0 Å². The minimum Gasteiger partial charge on any atom is -0.460 e. The average molecular weight is 431 g/mol. The van der Waals surface area contributed by atoms with Gasteiger partial charge in [0.05, 0.1) is 23.3 Å². The monoisotopic (exact) mass is 431 g/mol. The number of fused-ring (bicyclic) bond motifs is 3. The van der Waals surface area contributed by atoms with Gasteiger partial charge >= 0.3 is 5.69 Å².